The number of anilines is 1. The molecule has 3 aliphatic rings. The van der Waals surface area contributed by atoms with Crippen LogP contribution in [0, 0.1) is 0 Å². The highest BCUT2D eigenvalue weighted by Crippen LogP contribution is 2.36. The zero-order valence-electron chi connectivity index (χ0n) is 14.3. The van der Waals surface area contributed by atoms with Crippen molar-refractivity contribution in [2.45, 2.75) is 31.1 Å². The van der Waals surface area contributed by atoms with Crippen molar-refractivity contribution in [1.82, 2.24) is 4.90 Å². The molecule has 3 heterocycles. The van der Waals surface area contributed by atoms with Gasteiger partial charge >= 0.3 is 0 Å². The Balaban J connectivity index is 1.50. The maximum Gasteiger partial charge on any atom is 0.251 e. The van der Waals surface area contributed by atoms with E-state index in [0.29, 0.717) is 37.7 Å². The van der Waals surface area contributed by atoms with E-state index in [-0.39, 0.29) is 18.2 Å². The first-order chi connectivity index (χ1) is 12.1. The first-order valence-corrected chi connectivity index (χ1v) is 8.65. The Morgan fingerprint density at radius 1 is 1.12 bits per heavy atom. The summed E-state index contributed by atoms with van der Waals surface area (Å²) in [5.41, 5.74) is 0.512. The number of hydrogen-bond acceptors (Lipinski definition) is 6. The number of rotatable bonds is 3. The average molecular weight is 346 g/mol. The van der Waals surface area contributed by atoms with Crippen molar-refractivity contribution in [3.63, 3.8) is 0 Å². The van der Waals surface area contributed by atoms with Gasteiger partial charge in [-0.3, -0.25) is 14.5 Å². The van der Waals surface area contributed by atoms with Gasteiger partial charge in [-0.25, -0.2) is 4.90 Å². The van der Waals surface area contributed by atoms with Gasteiger partial charge in [0, 0.05) is 25.9 Å². The number of nitrogens with zero attached hydrogens (tertiary/aromatic N) is 2. The highest BCUT2D eigenvalue weighted by atomic mass is 16.7. The number of para-hydroxylation sites is 2. The number of likely N-dealkylation sites (tertiary alicyclic amines) is 1. The van der Waals surface area contributed by atoms with Gasteiger partial charge < -0.3 is 14.2 Å². The number of benzene rings is 1. The van der Waals surface area contributed by atoms with Crippen molar-refractivity contribution in [2.24, 2.45) is 0 Å². The monoisotopic (exact) mass is 346 g/mol. The van der Waals surface area contributed by atoms with Crippen molar-refractivity contribution in [3.8, 4) is 5.75 Å². The van der Waals surface area contributed by atoms with Gasteiger partial charge in [-0.1, -0.05) is 12.1 Å². The van der Waals surface area contributed by atoms with Crippen LogP contribution in [0.25, 0.3) is 0 Å². The lowest BCUT2D eigenvalue weighted by Crippen LogP contribution is -2.51. The summed E-state index contributed by atoms with van der Waals surface area (Å²) in [5, 5.41) is 0. The number of carbonyl (C=O) groups is 2. The van der Waals surface area contributed by atoms with Crippen molar-refractivity contribution in [2.75, 3.05) is 38.3 Å². The van der Waals surface area contributed by atoms with Crippen LogP contribution in [0.4, 0.5) is 5.69 Å². The second-order valence-corrected chi connectivity index (χ2v) is 6.60. The molecular formula is C18H22N2O5. The average Bonchev–Trinajstić information content (AvgIpc) is 3.20. The number of ether oxygens (including phenoxy) is 3. The summed E-state index contributed by atoms with van der Waals surface area (Å²) in [7, 11) is 1.53. The van der Waals surface area contributed by atoms with Crippen molar-refractivity contribution < 1.29 is 23.8 Å². The highest BCUT2D eigenvalue weighted by molar-refractivity contribution is 6.23. The molecule has 0 bridgehead atoms. The molecule has 0 radical (unpaired) electrons. The molecule has 3 aliphatic heterocycles. The Hall–Kier alpha value is -1.96. The predicted octanol–water partition coefficient (Wildman–Crippen LogP) is 1.17. The van der Waals surface area contributed by atoms with E-state index in [9.17, 15) is 9.59 Å². The molecule has 1 aromatic carbocycles. The highest BCUT2D eigenvalue weighted by Gasteiger charge is 2.47. The van der Waals surface area contributed by atoms with Crippen LogP contribution in [0.2, 0.25) is 0 Å². The molecule has 7 nitrogen and oxygen atoms in total. The fourth-order valence-corrected chi connectivity index (χ4v) is 3.93. The van der Waals surface area contributed by atoms with Gasteiger partial charge in [-0.15, -0.1) is 0 Å². The van der Waals surface area contributed by atoms with Gasteiger partial charge in [0.15, 0.2) is 5.79 Å². The van der Waals surface area contributed by atoms with Gasteiger partial charge in [0.1, 0.15) is 5.75 Å². The lowest BCUT2D eigenvalue weighted by Gasteiger charge is -2.39. The second kappa shape index (κ2) is 6.40. The van der Waals surface area contributed by atoms with E-state index in [0.717, 1.165) is 12.8 Å². The molecule has 7 heteroatoms. The van der Waals surface area contributed by atoms with Crippen LogP contribution >= 0.6 is 0 Å². The molecule has 3 fully saturated rings. The lowest BCUT2D eigenvalue weighted by atomic mass is 10.0. The van der Waals surface area contributed by atoms with E-state index >= 15 is 0 Å². The lowest BCUT2D eigenvalue weighted by molar-refractivity contribution is -0.188. The molecule has 1 aromatic rings. The van der Waals surface area contributed by atoms with E-state index in [2.05, 4.69) is 4.90 Å². The van der Waals surface area contributed by atoms with Gasteiger partial charge in [0.2, 0.25) is 5.91 Å². The molecular weight excluding hydrogens is 324 g/mol. The van der Waals surface area contributed by atoms with Crippen molar-refractivity contribution in [3.05, 3.63) is 24.3 Å². The molecule has 1 spiro atoms. The van der Waals surface area contributed by atoms with E-state index in [1.807, 2.05) is 6.07 Å². The molecule has 4 rings (SSSR count). The molecule has 0 saturated carbocycles. The fourth-order valence-electron chi connectivity index (χ4n) is 3.93. The zero-order valence-corrected chi connectivity index (χ0v) is 14.3. The standard InChI is InChI=1S/C18H22N2O5/c1-23-15-5-3-2-4-13(15)20-16(21)12-14(17(20)22)19-8-6-18(7-9-19)24-10-11-25-18/h2-5,14H,6-12H2,1H3/t14-/m1/s1. The van der Waals surface area contributed by atoms with Crippen LogP contribution in [0.1, 0.15) is 19.3 Å². The third-order valence-electron chi connectivity index (χ3n) is 5.26. The molecule has 0 N–H and O–H groups in total. The van der Waals surface area contributed by atoms with E-state index < -0.39 is 11.8 Å². The summed E-state index contributed by atoms with van der Waals surface area (Å²) in [6.07, 6.45) is 1.64. The Bertz CT molecular complexity index is 676. The first kappa shape index (κ1) is 16.5. The molecule has 0 aliphatic carbocycles. The normalized spacial score (nSPS) is 26.6. The maximum absolute atomic E-state index is 12.9. The quantitative estimate of drug-likeness (QED) is 0.765. The van der Waals surface area contributed by atoms with E-state index in [1.54, 1.807) is 18.2 Å². The minimum absolute atomic E-state index is 0.182. The topological polar surface area (TPSA) is 68.3 Å². The van der Waals surface area contributed by atoms with E-state index in [1.165, 1.54) is 12.0 Å². The maximum atomic E-state index is 12.9. The van der Waals surface area contributed by atoms with Gasteiger partial charge in [-0.05, 0) is 12.1 Å². The Kier molecular flexibility index (Phi) is 4.23. The molecule has 3 saturated heterocycles. The Morgan fingerprint density at radius 3 is 2.48 bits per heavy atom. The number of hydrogen-bond donors (Lipinski definition) is 0. The predicted molar refractivity (Wildman–Crippen MR) is 89.3 cm³/mol. The molecule has 0 aromatic heterocycles. The molecule has 134 valence electrons. The third kappa shape index (κ3) is 2.82. The van der Waals surface area contributed by atoms with Crippen LogP contribution in [0.15, 0.2) is 24.3 Å². The summed E-state index contributed by atoms with van der Waals surface area (Å²) in [4.78, 5) is 28.8. The summed E-state index contributed by atoms with van der Waals surface area (Å²) >= 11 is 0. The molecule has 25 heavy (non-hydrogen) atoms. The molecule has 2 amide bonds. The van der Waals surface area contributed by atoms with E-state index in [4.69, 9.17) is 14.2 Å². The fraction of sp³-hybridized carbons (Fsp3) is 0.556. The summed E-state index contributed by atoms with van der Waals surface area (Å²) in [6.45, 7) is 2.62. The SMILES string of the molecule is COc1ccccc1N1C(=O)C[C@@H](N2CCC3(CC2)OCCO3)C1=O. The molecule has 0 unspecified atom stereocenters. The van der Waals surface area contributed by atoms with Crippen LogP contribution in [-0.4, -0.2) is 62.0 Å². The Labute approximate surface area is 146 Å². The van der Waals surface area contributed by atoms with Gasteiger partial charge in [0.25, 0.3) is 5.91 Å². The summed E-state index contributed by atoms with van der Waals surface area (Å²) < 4.78 is 16.8. The first-order valence-electron chi connectivity index (χ1n) is 8.65. The van der Waals surface area contributed by atoms with Gasteiger partial charge in [0.05, 0.1) is 38.5 Å². The number of imide groups is 1. The van der Waals surface area contributed by atoms with Crippen LogP contribution in [-0.2, 0) is 19.1 Å². The van der Waals surface area contributed by atoms with Crippen LogP contribution in [0.5, 0.6) is 5.75 Å². The number of methoxy groups -OCH3 is 1. The summed E-state index contributed by atoms with van der Waals surface area (Å²) in [6, 6.07) is 6.68. The largest absolute Gasteiger partial charge is 0.495 e. The number of piperidine rings is 1. The minimum Gasteiger partial charge on any atom is -0.495 e. The second-order valence-electron chi connectivity index (χ2n) is 6.60. The number of amides is 2. The molecule has 1 atom stereocenters. The van der Waals surface area contributed by atoms with Crippen molar-refractivity contribution >= 4 is 17.5 Å². The Morgan fingerprint density at radius 2 is 1.80 bits per heavy atom. The zero-order chi connectivity index (χ0) is 17.4. The van der Waals surface area contributed by atoms with Crippen molar-refractivity contribution in [1.29, 1.82) is 0 Å². The smallest absolute Gasteiger partial charge is 0.251 e. The minimum atomic E-state index is -0.482. The van der Waals surface area contributed by atoms with Crippen LogP contribution in [0.3, 0.4) is 0 Å². The van der Waals surface area contributed by atoms with Gasteiger partial charge in [-0.2, -0.15) is 0 Å². The summed E-state index contributed by atoms with van der Waals surface area (Å²) in [5.74, 6) is -0.327. The van der Waals surface area contributed by atoms with Crippen LogP contribution < -0.4 is 9.64 Å². The number of carbonyl (C=O) groups excluding carboxylic acids is 2. The third-order valence-corrected chi connectivity index (χ3v) is 5.26.